The molecule has 0 unspecified atom stereocenters. The van der Waals surface area contributed by atoms with Gasteiger partial charge in [0.1, 0.15) is 4.88 Å². The molecule has 0 aliphatic heterocycles. The first-order valence-electron chi connectivity index (χ1n) is 6.66. The molecule has 2 aromatic heterocycles. The van der Waals surface area contributed by atoms with Gasteiger partial charge in [-0.3, -0.25) is 9.78 Å². The molecule has 2 rings (SSSR count). The number of nitrogens with zero attached hydrogens (tertiary/aromatic N) is 2. The normalized spacial score (nSPS) is 11.9. The van der Waals surface area contributed by atoms with Crippen LogP contribution in [0, 0.1) is 0 Å². The third-order valence-corrected chi connectivity index (χ3v) is 3.77. The topological polar surface area (TPSA) is 66.9 Å². The summed E-state index contributed by atoms with van der Waals surface area (Å²) in [5, 5.41) is 6.86. The monoisotopic (exact) mass is 290 g/mol. The van der Waals surface area contributed by atoms with Crippen LogP contribution in [0.1, 0.15) is 41.7 Å². The molecule has 6 heteroatoms. The van der Waals surface area contributed by atoms with Crippen molar-refractivity contribution in [2.24, 2.45) is 0 Å². The van der Waals surface area contributed by atoms with Crippen LogP contribution < -0.4 is 10.6 Å². The molecule has 5 nitrogen and oxygen atoms in total. The van der Waals surface area contributed by atoms with Crippen LogP contribution >= 0.6 is 11.3 Å². The smallest absolute Gasteiger partial charge is 0.263 e. The molecular formula is C14H18N4OS. The Hall–Kier alpha value is -1.95. The number of hydrogen-bond acceptors (Lipinski definition) is 5. The molecule has 1 amide bonds. The number of amides is 1. The van der Waals surface area contributed by atoms with Gasteiger partial charge in [-0.1, -0.05) is 24.3 Å². The fourth-order valence-corrected chi connectivity index (χ4v) is 2.60. The summed E-state index contributed by atoms with van der Waals surface area (Å²) in [7, 11) is 0. The van der Waals surface area contributed by atoms with Crippen molar-refractivity contribution in [2.75, 3.05) is 11.9 Å². The van der Waals surface area contributed by atoms with E-state index in [2.05, 4.69) is 20.6 Å². The number of carbonyl (C=O) groups is 1. The number of rotatable bonds is 6. The van der Waals surface area contributed by atoms with Crippen molar-refractivity contribution in [1.29, 1.82) is 0 Å². The molecule has 106 valence electrons. The Kier molecular flexibility index (Phi) is 5.06. The minimum atomic E-state index is -0.107. The zero-order valence-electron chi connectivity index (χ0n) is 11.6. The summed E-state index contributed by atoms with van der Waals surface area (Å²) < 4.78 is 0. The van der Waals surface area contributed by atoms with Gasteiger partial charge in [0.25, 0.3) is 5.91 Å². The van der Waals surface area contributed by atoms with Gasteiger partial charge in [0, 0.05) is 12.7 Å². The van der Waals surface area contributed by atoms with E-state index in [-0.39, 0.29) is 11.9 Å². The Morgan fingerprint density at radius 3 is 2.85 bits per heavy atom. The lowest BCUT2D eigenvalue weighted by molar-refractivity contribution is 0.0938. The second kappa shape index (κ2) is 7.00. The highest BCUT2D eigenvalue weighted by Crippen LogP contribution is 2.20. The molecule has 0 saturated heterocycles. The SMILES string of the molecule is CCNc1ncc(C(=O)N[C@H](CC)c2ccccn2)s1. The van der Waals surface area contributed by atoms with Crippen LogP contribution in [0.5, 0.6) is 0 Å². The largest absolute Gasteiger partial charge is 0.362 e. The molecule has 0 fully saturated rings. The number of pyridine rings is 1. The fraction of sp³-hybridized carbons (Fsp3) is 0.357. The van der Waals surface area contributed by atoms with Gasteiger partial charge in [0.2, 0.25) is 0 Å². The first kappa shape index (κ1) is 14.5. The molecule has 2 N–H and O–H groups in total. The Balaban J connectivity index is 2.05. The first-order valence-corrected chi connectivity index (χ1v) is 7.47. The predicted molar refractivity (Wildman–Crippen MR) is 81.0 cm³/mol. The van der Waals surface area contributed by atoms with Crippen molar-refractivity contribution in [3.05, 3.63) is 41.2 Å². The predicted octanol–water partition coefficient (Wildman–Crippen LogP) is 2.85. The van der Waals surface area contributed by atoms with Crippen molar-refractivity contribution in [3.63, 3.8) is 0 Å². The van der Waals surface area contributed by atoms with Crippen LogP contribution in [0.2, 0.25) is 0 Å². The summed E-state index contributed by atoms with van der Waals surface area (Å²) in [5.41, 5.74) is 0.875. The van der Waals surface area contributed by atoms with Gasteiger partial charge in [0.05, 0.1) is 17.9 Å². The van der Waals surface area contributed by atoms with E-state index in [4.69, 9.17) is 0 Å². The first-order chi connectivity index (χ1) is 9.74. The minimum Gasteiger partial charge on any atom is -0.362 e. The van der Waals surface area contributed by atoms with Gasteiger partial charge in [-0.2, -0.15) is 0 Å². The van der Waals surface area contributed by atoms with Gasteiger partial charge in [-0.25, -0.2) is 4.98 Å². The van der Waals surface area contributed by atoms with E-state index in [0.29, 0.717) is 4.88 Å². The summed E-state index contributed by atoms with van der Waals surface area (Å²) in [6.07, 6.45) is 4.13. The van der Waals surface area contributed by atoms with Crippen LogP contribution in [-0.2, 0) is 0 Å². The van der Waals surface area contributed by atoms with Crippen LogP contribution in [0.4, 0.5) is 5.13 Å². The molecule has 20 heavy (non-hydrogen) atoms. The summed E-state index contributed by atoms with van der Waals surface area (Å²) >= 11 is 1.36. The van der Waals surface area contributed by atoms with Gasteiger partial charge in [0.15, 0.2) is 5.13 Å². The number of nitrogens with one attached hydrogen (secondary N) is 2. The van der Waals surface area contributed by atoms with Crippen molar-refractivity contribution >= 4 is 22.4 Å². The highest BCUT2D eigenvalue weighted by atomic mass is 32.1. The Bertz CT molecular complexity index is 555. The maximum Gasteiger partial charge on any atom is 0.263 e. The molecule has 1 atom stereocenters. The number of aromatic nitrogens is 2. The molecule has 0 aromatic carbocycles. The van der Waals surface area contributed by atoms with Crippen LogP contribution in [0.15, 0.2) is 30.6 Å². The van der Waals surface area contributed by atoms with Gasteiger partial charge in [-0.15, -0.1) is 0 Å². The molecule has 2 heterocycles. The van der Waals surface area contributed by atoms with E-state index < -0.39 is 0 Å². The second-order valence-corrected chi connectivity index (χ2v) is 5.28. The third kappa shape index (κ3) is 3.54. The zero-order valence-corrected chi connectivity index (χ0v) is 12.4. The van der Waals surface area contributed by atoms with E-state index in [9.17, 15) is 4.79 Å². The van der Waals surface area contributed by atoms with Crippen molar-refractivity contribution < 1.29 is 4.79 Å². The third-order valence-electron chi connectivity index (χ3n) is 2.82. The highest BCUT2D eigenvalue weighted by molar-refractivity contribution is 7.17. The fourth-order valence-electron chi connectivity index (χ4n) is 1.81. The summed E-state index contributed by atoms with van der Waals surface area (Å²) in [6.45, 7) is 4.81. The van der Waals surface area contributed by atoms with E-state index >= 15 is 0 Å². The van der Waals surface area contributed by atoms with E-state index in [1.54, 1.807) is 12.4 Å². The lowest BCUT2D eigenvalue weighted by atomic mass is 10.1. The Morgan fingerprint density at radius 2 is 2.20 bits per heavy atom. The second-order valence-electron chi connectivity index (χ2n) is 4.25. The maximum absolute atomic E-state index is 12.2. The molecule has 0 bridgehead atoms. The Morgan fingerprint density at radius 1 is 1.35 bits per heavy atom. The van der Waals surface area contributed by atoms with E-state index in [1.807, 2.05) is 32.0 Å². The van der Waals surface area contributed by atoms with Crippen LogP contribution in [-0.4, -0.2) is 22.4 Å². The number of hydrogen-bond donors (Lipinski definition) is 2. The molecule has 0 saturated carbocycles. The summed E-state index contributed by atoms with van der Waals surface area (Å²) in [5.74, 6) is -0.107. The van der Waals surface area contributed by atoms with Crippen molar-refractivity contribution in [2.45, 2.75) is 26.3 Å². The number of anilines is 1. The lowest BCUT2D eigenvalue weighted by Crippen LogP contribution is -2.28. The number of thiazole rings is 1. The minimum absolute atomic E-state index is 0.0756. The maximum atomic E-state index is 12.2. The van der Waals surface area contributed by atoms with E-state index in [1.165, 1.54) is 11.3 Å². The highest BCUT2D eigenvalue weighted by Gasteiger charge is 2.16. The van der Waals surface area contributed by atoms with Crippen molar-refractivity contribution in [1.82, 2.24) is 15.3 Å². The number of carbonyl (C=O) groups excluding carboxylic acids is 1. The molecular weight excluding hydrogens is 272 g/mol. The Labute approximate surface area is 122 Å². The van der Waals surface area contributed by atoms with Crippen LogP contribution in [0.3, 0.4) is 0 Å². The quantitative estimate of drug-likeness (QED) is 0.858. The van der Waals surface area contributed by atoms with Crippen LogP contribution in [0.25, 0.3) is 0 Å². The van der Waals surface area contributed by atoms with Gasteiger partial charge >= 0.3 is 0 Å². The molecule has 0 spiro atoms. The molecule has 0 aliphatic carbocycles. The average Bonchev–Trinajstić information content (AvgIpc) is 2.94. The van der Waals surface area contributed by atoms with Gasteiger partial charge < -0.3 is 10.6 Å². The lowest BCUT2D eigenvalue weighted by Gasteiger charge is -2.15. The average molecular weight is 290 g/mol. The van der Waals surface area contributed by atoms with E-state index in [0.717, 1.165) is 23.8 Å². The molecule has 0 aliphatic rings. The summed E-state index contributed by atoms with van der Waals surface area (Å²) in [6, 6.07) is 5.63. The summed E-state index contributed by atoms with van der Waals surface area (Å²) in [4.78, 5) is 21.3. The van der Waals surface area contributed by atoms with Crippen molar-refractivity contribution in [3.8, 4) is 0 Å². The molecule has 2 aromatic rings. The standard InChI is InChI=1S/C14H18N4OS/c1-3-10(11-7-5-6-8-16-11)18-13(19)12-9-17-14(20-12)15-4-2/h5-10H,3-4H2,1-2H3,(H,15,17)(H,18,19)/t10-/m1/s1. The zero-order chi connectivity index (χ0) is 14.4. The van der Waals surface area contributed by atoms with Gasteiger partial charge in [-0.05, 0) is 25.5 Å². The molecule has 0 radical (unpaired) electrons.